The van der Waals surface area contributed by atoms with Crippen molar-refractivity contribution in [2.45, 2.75) is 11.1 Å². The van der Waals surface area contributed by atoms with E-state index in [2.05, 4.69) is 14.8 Å². The van der Waals surface area contributed by atoms with Crippen LogP contribution in [0.25, 0.3) is 10.9 Å². The molecule has 0 aliphatic rings. The summed E-state index contributed by atoms with van der Waals surface area (Å²) < 4.78 is 67.0. The predicted octanol–water partition coefficient (Wildman–Crippen LogP) is 2.72. The SMILES string of the molecule is Cn1cc(S(=O)(=O)Nc2ccc(C(F)(F)F)c3cc[nH]c23)cn1. The van der Waals surface area contributed by atoms with E-state index in [4.69, 9.17) is 0 Å². The Morgan fingerprint density at radius 3 is 2.61 bits per heavy atom. The van der Waals surface area contributed by atoms with Gasteiger partial charge in [0.05, 0.1) is 23.0 Å². The molecule has 0 aliphatic carbocycles. The molecule has 0 fully saturated rings. The van der Waals surface area contributed by atoms with Crippen molar-refractivity contribution in [2.75, 3.05) is 4.72 Å². The Hall–Kier alpha value is -2.49. The van der Waals surface area contributed by atoms with Gasteiger partial charge in [0.15, 0.2) is 0 Å². The third-order valence-electron chi connectivity index (χ3n) is 3.26. The number of rotatable bonds is 3. The topological polar surface area (TPSA) is 79.8 Å². The van der Waals surface area contributed by atoms with E-state index >= 15 is 0 Å². The first-order chi connectivity index (χ1) is 10.7. The van der Waals surface area contributed by atoms with Gasteiger partial charge in [-0.15, -0.1) is 0 Å². The van der Waals surface area contributed by atoms with Gasteiger partial charge in [0, 0.05) is 24.8 Å². The summed E-state index contributed by atoms with van der Waals surface area (Å²) in [4.78, 5) is 2.55. The monoisotopic (exact) mass is 344 g/mol. The molecule has 0 unspecified atom stereocenters. The predicted molar refractivity (Wildman–Crippen MR) is 77.3 cm³/mol. The molecule has 0 atom stereocenters. The number of nitrogens with one attached hydrogen (secondary N) is 2. The lowest BCUT2D eigenvalue weighted by atomic mass is 10.1. The first-order valence-corrected chi connectivity index (χ1v) is 7.85. The third-order valence-corrected chi connectivity index (χ3v) is 4.58. The first kappa shape index (κ1) is 15.4. The fraction of sp³-hybridized carbons (Fsp3) is 0.154. The highest BCUT2D eigenvalue weighted by Gasteiger charge is 2.33. The molecule has 0 amide bonds. The molecule has 0 bridgehead atoms. The van der Waals surface area contributed by atoms with Crippen LogP contribution in [0.15, 0.2) is 41.7 Å². The van der Waals surface area contributed by atoms with Crippen molar-refractivity contribution < 1.29 is 21.6 Å². The van der Waals surface area contributed by atoms with Gasteiger partial charge in [0.25, 0.3) is 10.0 Å². The zero-order valence-corrected chi connectivity index (χ0v) is 12.5. The number of sulfonamides is 1. The average Bonchev–Trinajstić information content (AvgIpc) is 3.06. The van der Waals surface area contributed by atoms with Crippen LogP contribution in [-0.2, 0) is 23.2 Å². The zero-order chi connectivity index (χ0) is 16.8. The molecule has 0 spiro atoms. The van der Waals surface area contributed by atoms with Crippen LogP contribution in [0.3, 0.4) is 0 Å². The molecule has 1 aromatic carbocycles. The number of hydrogen-bond donors (Lipinski definition) is 2. The van der Waals surface area contributed by atoms with Crippen molar-refractivity contribution in [3.8, 4) is 0 Å². The van der Waals surface area contributed by atoms with E-state index in [1.54, 1.807) is 7.05 Å². The van der Waals surface area contributed by atoms with Crippen LogP contribution < -0.4 is 4.72 Å². The molecule has 3 aromatic rings. The molecule has 2 heterocycles. The minimum atomic E-state index is -4.53. The summed E-state index contributed by atoms with van der Waals surface area (Å²) in [5.41, 5.74) is -0.743. The number of H-pyrrole nitrogens is 1. The van der Waals surface area contributed by atoms with Crippen molar-refractivity contribution in [3.05, 3.63) is 42.4 Å². The van der Waals surface area contributed by atoms with Crippen LogP contribution in [0.2, 0.25) is 0 Å². The second kappa shape index (κ2) is 5.01. The molecular weight excluding hydrogens is 333 g/mol. The Bertz CT molecular complexity index is 973. The minimum absolute atomic E-state index is 0.0295. The van der Waals surface area contributed by atoms with Gasteiger partial charge in [-0.25, -0.2) is 8.42 Å². The van der Waals surface area contributed by atoms with Gasteiger partial charge in [0.2, 0.25) is 0 Å². The van der Waals surface area contributed by atoms with Crippen LogP contribution in [0, 0.1) is 0 Å². The Morgan fingerprint density at radius 2 is 2.00 bits per heavy atom. The van der Waals surface area contributed by atoms with Gasteiger partial charge in [0.1, 0.15) is 4.90 Å². The number of aromatic nitrogens is 3. The maximum atomic E-state index is 13.0. The Kier molecular flexibility index (Phi) is 3.36. The molecular formula is C13H11F3N4O2S. The van der Waals surface area contributed by atoms with Gasteiger partial charge in [-0.3, -0.25) is 9.40 Å². The fourth-order valence-corrected chi connectivity index (χ4v) is 3.28. The number of aryl methyl sites for hydroxylation is 1. The fourth-order valence-electron chi connectivity index (χ4n) is 2.23. The van der Waals surface area contributed by atoms with Crippen molar-refractivity contribution in [1.29, 1.82) is 0 Å². The number of fused-ring (bicyclic) bond motifs is 1. The standard InChI is InChI=1S/C13H11F3N4O2S/c1-20-7-8(6-18-20)23(21,22)19-11-3-2-10(13(14,15)16)9-4-5-17-12(9)11/h2-7,17,19H,1H3. The van der Waals surface area contributed by atoms with Crippen LogP contribution >= 0.6 is 0 Å². The largest absolute Gasteiger partial charge is 0.417 e. The Balaban J connectivity index is 2.07. The molecule has 3 rings (SSSR count). The number of alkyl halides is 3. The van der Waals surface area contributed by atoms with E-state index in [0.29, 0.717) is 0 Å². The van der Waals surface area contributed by atoms with E-state index in [-0.39, 0.29) is 21.5 Å². The summed E-state index contributed by atoms with van der Waals surface area (Å²) in [6, 6.07) is 3.17. The van der Waals surface area contributed by atoms with E-state index < -0.39 is 21.8 Å². The summed E-state index contributed by atoms with van der Waals surface area (Å²) in [6.45, 7) is 0. The lowest BCUT2D eigenvalue weighted by Gasteiger charge is -2.12. The van der Waals surface area contributed by atoms with Gasteiger partial charge in [-0.05, 0) is 18.2 Å². The smallest absolute Gasteiger partial charge is 0.359 e. The van der Waals surface area contributed by atoms with Crippen molar-refractivity contribution >= 4 is 26.6 Å². The van der Waals surface area contributed by atoms with Crippen molar-refractivity contribution in [1.82, 2.24) is 14.8 Å². The third kappa shape index (κ3) is 2.77. The summed E-state index contributed by atoms with van der Waals surface area (Å²) in [6.07, 6.45) is -0.764. The van der Waals surface area contributed by atoms with Gasteiger partial charge < -0.3 is 4.98 Å². The Morgan fingerprint density at radius 1 is 1.26 bits per heavy atom. The molecule has 23 heavy (non-hydrogen) atoms. The molecule has 122 valence electrons. The first-order valence-electron chi connectivity index (χ1n) is 6.37. The zero-order valence-electron chi connectivity index (χ0n) is 11.7. The molecule has 2 aromatic heterocycles. The number of nitrogens with zero attached hydrogens (tertiary/aromatic N) is 2. The molecule has 0 saturated carbocycles. The molecule has 6 nitrogen and oxygen atoms in total. The molecule has 2 N–H and O–H groups in total. The van der Waals surface area contributed by atoms with Crippen LogP contribution in [0.1, 0.15) is 5.56 Å². The number of hydrogen-bond acceptors (Lipinski definition) is 3. The quantitative estimate of drug-likeness (QED) is 0.767. The highest BCUT2D eigenvalue weighted by molar-refractivity contribution is 7.92. The van der Waals surface area contributed by atoms with Gasteiger partial charge >= 0.3 is 6.18 Å². The van der Waals surface area contributed by atoms with Crippen molar-refractivity contribution in [2.24, 2.45) is 7.05 Å². The molecule has 10 heteroatoms. The normalized spacial score (nSPS) is 12.7. The lowest BCUT2D eigenvalue weighted by Crippen LogP contribution is -2.13. The van der Waals surface area contributed by atoms with Crippen LogP contribution in [0.4, 0.5) is 18.9 Å². The minimum Gasteiger partial charge on any atom is -0.359 e. The van der Waals surface area contributed by atoms with Crippen LogP contribution in [0.5, 0.6) is 0 Å². The number of aromatic amines is 1. The van der Waals surface area contributed by atoms with E-state index in [1.165, 1.54) is 23.1 Å². The molecule has 0 radical (unpaired) electrons. The second-order valence-corrected chi connectivity index (χ2v) is 6.56. The van der Waals surface area contributed by atoms with E-state index in [9.17, 15) is 21.6 Å². The number of halogens is 3. The number of benzene rings is 1. The maximum absolute atomic E-state index is 13.0. The summed E-state index contributed by atoms with van der Waals surface area (Å²) >= 11 is 0. The van der Waals surface area contributed by atoms with Crippen LogP contribution in [-0.4, -0.2) is 23.2 Å². The second-order valence-electron chi connectivity index (χ2n) is 4.88. The average molecular weight is 344 g/mol. The maximum Gasteiger partial charge on any atom is 0.417 e. The van der Waals surface area contributed by atoms with E-state index in [0.717, 1.165) is 18.3 Å². The Labute approximate surface area is 129 Å². The number of anilines is 1. The summed E-state index contributed by atoms with van der Waals surface area (Å²) in [5, 5.41) is 3.66. The highest BCUT2D eigenvalue weighted by Crippen LogP contribution is 2.37. The molecule has 0 aliphatic heterocycles. The summed E-state index contributed by atoms with van der Waals surface area (Å²) in [7, 11) is -2.39. The van der Waals surface area contributed by atoms with Crippen molar-refractivity contribution in [3.63, 3.8) is 0 Å². The molecule has 0 saturated heterocycles. The summed E-state index contributed by atoms with van der Waals surface area (Å²) in [5.74, 6) is 0. The van der Waals surface area contributed by atoms with Gasteiger partial charge in [-0.2, -0.15) is 18.3 Å². The van der Waals surface area contributed by atoms with E-state index in [1.807, 2.05) is 0 Å². The van der Waals surface area contributed by atoms with Gasteiger partial charge in [-0.1, -0.05) is 0 Å². The lowest BCUT2D eigenvalue weighted by molar-refractivity contribution is -0.136. The highest BCUT2D eigenvalue weighted by atomic mass is 32.2.